The molecule has 3 N–H and O–H groups in total. The van der Waals surface area contributed by atoms with E-state index in [4.69, 9.17) is 0 Å². The number of nitrogens with one attached hydrogen (secondary N) is 3. The topological polar surface area (TPSA) is 52.2 Å². The minimum Gasteiger partial charge on any atom is -0.357 e. The van der Waals surface area contributed by atoms with Crippen LogP contribution in [-0.2, 0) is 6.54 Å². The third kappa shape index (κ3) is 4.02. The van der Waals surface area contributed by atoms with E-state index in [9.17, 15) is 0 Å². The first kappa shape index (κ1) is 14.4. The number of para-hydroxylation sites is 1. The molecule has 0 fully saturated rings. The zero-order valence-electron chi connectivity index (χ0n) is 12.4. The third-order valence-electron chi connectivity index (χ3n) is 3.33. The highest BCUT2D eigenvalue weighted by Gasteiger charge is 2.01. The molecule has 0 atom stereocenters. The molecule has 2 aromatic rings. The zero-order chi connectivity index (χ0) is 14.2. The number of unbranched alkanes of at least 4 members (excludes halogenated alkanes) is 2. The van der Waals surface area contributed by atoms with E-state index in [0.717, 1.165) is 19.0 Å². The lowest BCUT2D eigenvalue weighted by Crippen LogP contribution is -2.37. The van der Waals surface area contributed by atoms with Crippen LogP contribution in [0.2, 0.25) is 0 Å². The summed E-state index contributed by atoms with van der Waals surface area (Å²) in [6.07, 6.45) is 3.68. The van der Waals surface area contributed by atoms with Gasteiger partial charge in [-0.1, -0.05) is 38.0 Å². The lowest BCUT2D eigenvalue weighted by Gasteiger charge is -2.10. The molecule has 0 unspecified atom stereocenters. The summed E-state index contributed by atoms with van der Waals surface area (Å²) in [6.45, 7) is 3.94. The van der Waals surface area contributed by atoms with E-state index in [0.29, 0.717) is 0 Å². The molecule has 0 spiro atoms. The van der Waals surface area contributed by atoms with Gasteiger partial charge in [0.05, 0.1) is 6.54 Å². The fraction of sp³-hybridized carbons (Fsp3) is 0.438. The Labute approximate surface area is 120 Å². The second-order valence-electron chi connectivity index (χ2n) is 4.94. The molecular formula is C16H24N4. The summed E-state index contributed by atoms with van der Waals surface area (Å²) in [5.41, 5.74) is 2.35. The maximum atomic E-state index is 4.24. The molecule has 108 valence electrons. The number of hydrogen-bond acceptors (Lipinski definition) is 1. The fourth-order valence-electron chi connectivity index (χ4n) is 2.21. The molecule has 4 nitrogen and oxygen atoms in total. The minimum atomic E-state index is 0.752. The van der Waals surface area contributed by atoms with Crippen LogP contribution < -0.4 is 10.6 Å². The Hall–Kier alpha value is -1.97. The average Bonchev–Trinajstić information content (AvgIpc) is 2.89. The van der Waals surface area contributed by atoms with Crippen LogP contribution in [0.5, 0.6) is 0 Å². The number of hydrogen-bond donors (Lipinski definition) is 3. The second-order valence-corrected chi connectivity index (χ2v) is 4.94. The smallest absolute Gasteiger partial charge is 0.191 e. The molecule has 0 radical (unpaired) electrons. The molecule has 0 aliphatic rings. The number of aromatic amines is 1. The van der Waals surface area contributed by atoms with Gasteiger partial charge in [0.2, 0.25) is 0 Å². The lowest BCUT2D eigenvalue weighted by atomic mass is 10.2. The molecule has 0 saturated carbocycles. The Bertz CT molecular complexity index is 523. The van der Waals surface area contributed by atoms with Crippen molar-refractivity contribution in [3.8, 4) is 0 Å². The van der Waals surface area contributed by atoms with Gasteiger partial charge in [0.25, 0.3) is 0 Å². The molecule has 4 heteroatoms. The van der Waals surface area contributed by atoms with Crippen LogP contribution in [0.25, 0.3) is 10.9 Å². The molecule has 0 amide bonds. The predicted molar refractivity (Wildman–Crippen MR) is 86.0 cm³/mol. The number of benzene rings is 1. The average molecular weight is 272 g/mol. The van der Waals surface area contributed by atoms with Crippen molar-refractivity contribution >= 4 is 16.9 Å². The van der Waals surface area contributed by atoms with Gasteiger partial charge in [-0.25, -0.2) is 0 Å². The van der Waals surface area contributed by atoms with Gasteiger partial charge in [0.1, 0.15) is 0 Å². The van der Waals surface area contributed by atoms with E-state index in [2.05, 4.69) is 51.8 Å². The molecular weight excluding hydrogens is 248 g/mol. The van der Waals surface area contributed by atoms with Crippen molar-refractivity contribution in [1.29, 1.82) is 0 Å². The van der Waals surface area contributed by atoms with Crippen molar-refractivity contribution < 1.29 is 0 Å². The van der Waals surface area contributed by atoms with Gasteiger partial charge in [0.15, 0.2) is 5.96 Å². The van der Waals surface area contributed by atoms with Crippen molar-refractivity contribution in [2.24, 2.45) is 4.99 Å². The summed E-state index contributed by atoms with van der Waals surface area (Å²) in [4.78, 5) is 7.64. The van der Waals surface area contributed by atoms with Gasteiger partial charge >= 0.3 is 0 Å². The van der Waals surface area contributed by atoms with E-state index in [-0.39, 0.29) is 0 Å². The quantitative estimate of drug-likeness (QED) is 0.430. The maximum absolute atomic E-state index is 4.24. The Morgan fingerprint density at radius 2 is 2.05 bits per heavy atom. The van der Waals surface area contributed by atoms with E-state index in [1.807, 2.05) is 6.07 Å². The molecule has 2 rings (SSSR count). The summed E-state index contributed by atoms with van der Waals surface area (Å²) in [5.74, 6) is 0.861. The van der Waals surface area contributed by atoms with Gasteiger partial charge < -0.3 is 15.6 Å². The predicted octanol–water partition coefficient (Wildman–Crippen LogP) is 3.02. The van der Waals surface area contributed by atoms with Crippen LogP contribution in [0.1, 0.15) is 31.9 Å². The Balaban J connectivity index is 1.83. The molecule has 1 aromatic carbocycles. The van der Waals surface area contributed by atoms with Crippen molar-refractivity contribution in [3.05, 3.63) is 36.0 Å². The highest BCUT2D eigenvalue weighted by atomic mass is 15.2. The Morgan fingerprint density at radius 3 is 2.80 bits per heavy atom. The molecule has 1 aromatic heterocycles. The van der Waals surface area contributed by atoms with E-state index >= 15 is 0 Å². The first-order valence-electron chi connectivity index (χ1n) is 7.34. The van der Waals surface area contributed by atoms with Crippen molar-refractivity contribution in [1.82, 2.24) is 15.6 Å². The molecule has 1 heterocycles. The molecule has 0 aliphatic heterocycles. The largest absolute Gasteiger partial charge is 0.357 e. The summed E-state index contributed by atoms with van der Waals surface area (Å²) in [5, 5.41) is 7.91. The monoisotopic (exact) mass is 272 g/mol. The minimum absolute atomic E-state index is 0.752. The van der Waals surface area contributed by atoms with Crippen LogP contribution in [-0.4, -0.2) is 24.5 Å². The number of aromatic nitrogens is 1. The molecule has 20 heavy (non-hydrogen) atoms. The Kier molecular flexibility index (Phi) is 5.47. The summed E-state index contributed by atoms with van der Waals surface area (Å²) in [7, 11) is 1.81. The van der Waals surface area contributed by atoms with Crippen molar-refractivity contribution in [3.63, 3.8) is 0 Å². The third-order valence-corrected chi connectivity index (χ3v) is 3.33. The standard InChI is InChI=1S/C16H24N4/c1-3-4-7-10-18-16(17-2)19-12-14-11-13-8-5-6-9-15(13)20-14/h5-6,8-9,11,20H,3-4,7,10,12H2,1-2H3,(H2,17,18,19). The number of fused-ring (bicyclic) bond motifs is 1. The van der Waals surface area contributed by atoms with Gasteiger partial charge in [-0.3, -0.25) is 4.99 Å². The number of guanidine groups is 1. The van der Waals surface area contributed by atoms with E-state index in [1.165, 1.54) is 35.9 Å². The van der Waals surface area contributed by atoms with Gasteiger partial charge in [-0.05, 0) is 23.9 Å². The van der Waals surface area contributed by atoms with Crippen LogP contribution >= 0.6 is 0 Å². The SMILES string of the molecule is CCCCCNC(=NC)NCc1cc2ccccc2[nH]1. The van der Waals surface area contributed by atoms with Crippen LogP contribution in [0.4, 0.5) is 0 Å². The molecule has 0 aliphatic carbocycles. The summed E-state index contributed by atoms with van der Waals surface area (Å²) < 4.78 is 0. The first-order chi connectivity index (χ1) is 9.83. The highest BCUT2D eigenvalue weighted by Crippen LogP contribution is 2.14. The Morgan fingerprint density at radius 1 is 1.20 bits per heavy atom. The zero-order valence-corrected chi connectivity index (χ0v) is 12.4. The van der Waals surface area contributed by atoms with Gasteiger partial charge in [-0.15, -0.1) is 0 Å². The number of aliphatic imine (C=N–C) groups is 1. The van der Waals surface area contributed by atoms with Gasteiger partial charge in [0, 0.05) is 24.8 Å². The molecule has 0 bridgehead atoms. The van der Waals surface area contributed by atoms with Crippen LogP contribution in [0.15, 0.2) is 35.3 Å². The maximum Gasteiger partial charge on any atom is 0.191 e. The first-order valence-corrected chi connectivity index (χ1v) is 7.34. The normalized spacial score (nSPS) is 11.8. The number of rotatable bonds is 6. The molecule has 0 saturated heterocycles. The van der Waals surface area contributed by atoms with Crippen molar-refractivity contribution in [2.75, 3.05) is 13.6 Å². The van der Waals surface area contributed by atoms with Gasteiger partial charge in [-0.2, -0.15) is 0 Å². The summed E-state index contributed by atoms with van der Waals surface area (Å²) >= 11 is 0. The van der Waals surface area contributed by atoms with E-state index in [1.54, 1.807) is 7.05 Å². The summed E-state index contributed by atoms with van der Waals surface area (Å²) in [6, 6.07) is 10.5. The van der Waals surface area contributed by atoms with E-state index < -0.39 is 0 Å². The lowest BCUT2D eigenvalue weighted by molar-refractivity contribution is 0.682. The number of H-pyrrole nitrogens is 1. The number of nitrogens with zero attached hydrogens (tertiary/aromatic N) is 1. The van der Waals surface area contributed by atoms with Crippen LogP contribution in [0.3, 0.4) is 0 Å². The van der Waals surface area contributed by atoms with Crippen LogP contribution in [0, 0.1) is 0 Å². The highest BCUT2D eigenvalue weighted by molar-refractivity contribution is 5.81. The fourth-order valence-corrected chi connectivity index (χ4v) is 2.21. The van der Waals surface area contributed by atoms with Crippen molar-refractivity contribution in [2.45, 2.75) is 32.7 Å². The second kappa shape index (κ2) is 7.58.